The second kappa shape index (κ2) is 6.38. The van der Waals surface area contributed by atoms with Gasteiger partial charge in [0.15, 0.2) is 0 Å². The van der Waals surface area contributed by atoms with Crippen molar-refractivity contribution in [2.45, 2.75) is 49.8 Å². The number of hydrogen-bond acceptors (Lipinski definition) is 4. The van der Waals surface area contributed by atoms with E-state index in [0.29, 0.717) is 5.02 Å². The monoisotopic (exact) mass is 324 g/mol. The van der Waals surface area contributed by atoms with E-state index in [1.807, 2.05) is 30.8 Å². The lowest BCUT2D eigenvalue weighted by Gasteiger charge is -2.20. The molecule has 0 saturated heterocycles. The second-order valence-electron chi connectivity index (χ2n) is 6.01. The highest BCUT2D eigenvalue weighted by Crippen LogP contribution is 2.31. The molecule has 4 nitrogen and oxygen atoms in total. The van der Waals surface area contributed by atoms with Crippen LogP contribution in [0.3, 0.4) is 0 Å². The molecular weight excluding hydrogens is 304 g/mol. The van der Waals surface area contributed by atoms with Crippen molar-refractivity contribution < 1.29 is 0 Å². The molecule has 0 spiro atoms. The number of pyridine rings is 1. The van der Waals surface area contributed by atoms with Crippen LogP contribution < -0.4 is 5.32 Å². The zero-order chi connectivity index (χ0) is 15.6. The summed E-state index contributed by atoms with van der Waals surface area (Å²) in [6.45, 7) is 9.31. The van der Waals surface area contributed by atoms with Crippen LogP contribution in [0.5, 0.6) is 0 Å². The molecule has 0 amide bonds. The first-order valence-corrected chi connectivity index (χ1v) is 8.02. The molecule has 0 aliphatic heterocycles. The zero-order valence-corrected chi connectivity index (χ0v) is 14.6. The van der Waals surface area contributed by atoms with Gasteiger partial charge in [-0.3, -0.25) is 4.68 Å². The molecule has 0 aliphatic rings. The molecule has 0 unspecified atom stereocenters. The molecule has 0 bridgehead atoms. The minimum atomic E-state index is 0.0722. The van der Waals surface area contributed by atoms with Crippen LogP contribution in [-0.2, 0) is 13.6 Å². The predicted molar refractivity (Wildman–Crippen MR) is 87.9 cm³/mol. The van der Waals surface area contributed by atoms with Gasteiger partial charge in [0.2, 0.25) is 0 Å². The average molecular weight is 325 g/mol. The lowest BCUT2D eigenvalue weighted by Crippen LogP contribution is -2.35. The molecular formula is C15H21ClN4S. The third-order valence-corrected chi connectivity index (χ3v) is 4.36. The molecule has 0 radical (unpaired) electrons. The molecule has 0 aromatic carbocycles. The molecule has 1 N–H and O–H groups in total. The third-order valence-electron chi connectivity index (χ3n) is 2.99. The van der Waals surface area contributed by atoms with Crippen molar-refractivity contribution in [1.82, 2.24) is 20.1 Å². The number of hydrogen-bond donors (Lipinski definition) is 1. The van der Waals surface area contributed by atoms with Gasteiger partial charge in [-0.25, -0.2) is 4.98 Å². The van der Waals surface area contributed by atoms with Gasteiger partial charge >= 0.3 is 0 Å². The summed E-state index contributed by atoms with van der Waals surface area (Å²) in [5.41, 5.74) is 2.34. The van der Waals surface area contributed by atoms with Crippen LogP contribution in [0.25, 0.3) is 0 Å². The van der Waals surface area contributed by atoms with Gasteiger partial charge in [-0.15, -0.1) is 0 Å². The van der Waals surface area contributed by atoms with Crippen molar-refractivity contribution in [2.24, 2.45) is 7.05 Å². The average Bonchev–Trinajstić information content (AvgIpc) is 2.64. The normalized spacial score (nSPS) is 11.9. The summed E-state index contributed by atoms with van der Waals surface area (Å²) in [7, 11) is 1.96. The SMILES string of the molecule is Cc1nn(C)c(Sc2ccc(Cl)cn2)c1CNC(C)(C)C. The number of aromatic nitrogens is 3. The lowest BCUT2D eigenvalue weighted by atomic mass is 10.1. The van der Waals surface area contributed by atoms with E-state index in [9.17, 15) is 0 Å². The van der Waals surface area contributed by atoms with Gasteiger partial charge in [-0.05, 0) is 39.8 Å². The first-order valence-electron chi connectivity index (χ1n) is 6.83. The quantitative estimate of drug-likeness (QED) is 0.928. The Hall–Kier alpha value is -1.04. The van der Waals surface area contributed by atoms with E-state index in [2.05, 4.69) is 36.2 Å². The molecule has 21 heavy (non-hydrogen) atoms. The van der Waals surface area contributed by atoms with Gasteiger partial charge in [0.1, 0.15) is 10.1 Å². The van der Waals surface area contributed by atoms with E-state index in [1.54, 1.807) is 18.0 Å². The van der Waals surface area contributed by atoms with E-state index >= 15 is 0 Å². The fourth-order valence-corrected chi connectivity index (χ4v) is 2.95. The van der Waals surface area contributed by atoms with E-state index < -0.39 is 0 Å². The summed E-state index contributed by atoms with van der Waals surface area (Å²) in [5, 5.41) is 10.7. The van der Waals surface area contributed by atoms with Crippen molar-refractivity contribution >= 4 is 23.4 Å². The second-order valence-corrected chi connectivity index (χ2v) is 7.46. The van der Waals surface area contributed by atoms with Gasteiger partial charge in [0.05, 0.1) is 10.7 Å². The molecule has 0 atom stereocenters. The highest BCUT2D eigenvalue weighted by atomic mass is 35.5. The first kappa shape index (κ1) is 16.3. The minimum Gasteiger partial charge on any atom is -0.308 e. The van der Waals surface area contributed by atoms with Crippen LogP contribution in [0.4, 0.5) is 0 Å². The van der Waals surface area contributed by atoms with Crippen molar-refractivity contribution in [3.05, 3.63) is 34.6 Å². The Morgan fingerprint density at radius 3 is 2.62 bits per heavy atom. The summed E-state index contributed by atoms with van der Waals surface area (Å²) in [6.07, 6.45) is 1.67. The van der Waals surface area contributed by atoms with E-state index in [1.165, 1.54) is 5.56 Å². The molecule has 6 heteroatoms. The van der Waals surface area contributed by atoms with Crippen molar-refractivity contribution in [1.29, 1.82) is 0 Å². The Morgan fingerprint density at radius 2 is 2.05 bits per heavy atom. The summed E-state index contributed by atoms with van der Waals surface area (Å²) in [4.78, 5) is 4.34. The maximum absolute atomic E-state index is 5.88. The summed E-state index contributed by atoms with van der Waals surface area (Å²) < 4.78 is 1.91. The van der Waals surface area contributed by atoms with Crippen LogP contribution >= 0.6 is 23.4 Å². The van der Waals surface area contributed by atoms with Crippen LogP contribution in [0.1, 0.15) is 32.0 Å². The van der Waals surface area contributed by atoms with Crippen LogP contribution in [0, 0.1) is 6.92 Å². The fraction of sp³-hybridized carbons (Fsp3) is 0.467. The maximum Gasteiger partial charge on any atom is 0.105 e. The molecule has 2 rings (SSSR count). The standard InChI is InChI=1S/C15H21ClN4S/c1-10-12(9-18-15(2,3)4)14(20(5)19-10)21-13-7-6-11(16)8-17-13/h6-8,18H,9H2,1-5H3. The first-order chi connectivity index (χ1) is 9.76. The van der Waals surface area contributed by atoms with Gasteiger partial charge in [-0.2, -0.15) is 5.10 Å². The Labute approximate surface area is 135 Å². The van der Waals surface area contributed by atoms with E-state index in [0.717, 1.165) is 22.3 Å². The smallest absolute Gasteiger partial charge is 0.105 e. The summed E-state index contributed by atoms with van der Waals surface area (Å²) in [6, 6.07) is 3.78. The van der Waals surface area contributed by atoms with Crippen LogP contribution in [0.15, 0.2) is 28.4 Å². The Bertz CT molecular complexity index is 614. The minimum absolute atomic E-state index is 0.0722. The topological polar surface area (TPSA) is 42.7 Å². The summed E-state index contributed by atoms with van der Waals surface area (Å²) in [5.74, 6) is 0. The van der Waals surface area contributed by atoms with Crippen LogP contribution in [-0.4, -0.2) is 20.3 Å². The van der Waals surface area contributed by atoms with Crippen LogP contribution in [0.2, 0.25) is 5.02 Å². The van der Waals surface area contributed by atoms with E-state index in [-0.39, 0.29) is 5.54 Å². The van der Waals surface area contributed by atoms with Gasteiger partial charge in [0, 0.05) is 30.9 Å². The van der Waals surface area contributed by atoms with Gasteiger partial charge in [-0.1, -0.05) is 23.4 Å². The van der Waals surface area contributed by atoms with Crippen molar-refractivity contribution in [3.63, 3.8) is 0 Å². The molecule has 2 aromatic heterocycles. The molecule has 114 valence electrons. The molecule has 0 fully saturated rings. The predicted octanol–water partition coefficient (Wildman–Crippen LogP) is 3.82. The Morgan fingerprint density at radius 1 is 1.33 bits per heavy atom. The number of rotatable bonds is 4. The number of aryl methyl sites for hydroxylation is 2. The molecule has 2 heterocycles. The molecule has 0 aliphatic carbocycles. The summed E-state index contributed by atoms with van der Waals surface area (Å²) >= 11 is 7.49. The van der Waals surface area contributed by atoms with Crippen molar-refractivity contribution in [2.75, 3.05) is 0 Å². The highest BCUT2D eigenvalue weighted by Gasteiger charge is 2.17. The van der Waals surface area contributed by atoms with Gasteiger partial charge < -0.3 is 5.32 Å². The Balaban J connectivity index is 2.24. The zero-order valence-electron chi connectivity index (χ0n) is 13.1. The van der Waals surface area contributed by atoms with E-state index in [4.69, 9.17) is 11.6 Å². The van der Waals surface area contributed by atoms with Gasteiger partial charge in [0.25, 0.3) is 0 Å². The lowest BCUT2D eigenvalue weighted by molar-refractivity contribution is 0.421. The fourth-order valence-electron chi connectivity index (χ4n) is 1.89. The molecule has 2 aromatic rings. The third kappa shape index (κ3) is 4.46. The Kier molecular flexibility index (Phi) is 4.96. The number of nitrogens with one attached hydrogen (secondary N) is 1. The molecule has 0 saturated carbocycles. The largest absolute Gasteiger partial charge is 0.308 e. The number of nitrogens with zero attached hydrogens (tertiary/aromatic N) is 3. The maximum atomic E-state index is 5.88. The number of halogens is 1. The highest BCUT2D eigenvalue weighted by molar-refractivity contribution is 7.99. The van der Waals surface area contributed by atoms with Crippen molar-refractivity contribution in [3.8, 4) is 0 Å².